The van der Waals surface area contributed by atoms with E-state index < -0.39 is 116 Å². The van der Waals surface area contributed by atoms with Gasteiger partial charge in [-0.25, -0.2) is 24.4 Å². The van der Waals surface area contributed by atoms with Crippen molar-refractivity contribution in [3.8, 4) is 24.7 Å². The summed E-state index contributed by atoms with van der Waals surface area (Å²) in [5.41, 5.74) is -4.91. The van der Waals surface area contributed by atoms with Crippen LogP contribution in [-0.4, -0.2) is 143 Å². The van der Waals surface area contributed by atoms with Gasteiger partial charge in [-0.1, -0.05) is 141 Å². The Morgan fingerprint density at radius 3 is 1.27 bits per heavy atom. The number of terminal acetylenes is 2. The molecule has 0 radical (unpaired) electrons. The summed E-state index contributed by atoms with van der Waals surface area (Å²) < 4.78 is 89.4. The minimum absolute atomic E-state index is 0.00300. The Bertz CT molecular complexity index is 3030. The quantitative estimate of drug-likeness (QED) is 0.0144. The summed E-state index contributed by atoms with van der Waals surface area (Å²) in [4.78, 5) is 114. The Morgan fingerprint density at radius 1 is 0.556 bits per heavy atom. The largest absolute Gasteiger partial charge is 0.508 e. The highest BCUT2D eigenvalue weighted by molar-refractivity contribution is 6.01. The molecule has 488 valence electrons. The van der Waals surface area contributed by atoms with Crippen molar-refractivity contribution in [2.24, 2.45) is 0 Å². The summed E-state index contributed by atoms with van der Waals surface area (Å²) in [5.74, 6) is 1.42. The molecule has 0 aromatic carbocycles. The molecule has 8 heterocycles. The smallest absolute Gasteiger partial charge is 0.452 e. The number of nitrogens with zero attached hydrogens (tertiary/aromatic N) is 8. The maximum atomic E-state index is 15.2. The van der Waals surface area contributed by atoms with Crippen LogP contribution < -0.4 is 10.6 Å². The first kappa shape index (κ1) is 67.6. The standard InChI is InChI=1S/C61H78F2N10O17/c1-5-9-11-13-15-17-19-21-23-25-31-81-58(79)87-41-33-43(72-37-64-47-49(68-55(62)70-51(47)72)66-53(76)39-27-29-45(74)85-39)89-60(41,7-3)35-83-57(78)84-36-61(8-4)42(88-59(80)82-32-26-24-22-20-18-16-14-12-10-6-2)34-44(90-61)73-38-65-48-50(69-56(63)71-52(48)73)67-54(77)40-28-30-46(75)86-40/h3-4,37-44H,5-6,9-36H2,1-2H3,(H,66,68,70,76)(H,67,69,71,77)/t39-,40-,41+,42+,43-,44-,60-,61-/m1/s1. The van der Waals surface area contributed by atoms with E-state index in [2.05, 4.69) is 66.2 Å². The van der Waals surface area contributed by atoms with Crippen LogP contribution in [0.5, 0.6) is 0 Å². The predicted octanol–water partition coefficient (Wildman–Crippen LogP) is 9.85. The Morgan fingerprint density at radius 2 is 0.922 bits per heavy atom. The highest BCUT2D eigenvalue weighted by atomic mass is 19.1. The lowest BCUT2D eigenvalue weighted by molar-refractivity contribution is -0.146. The second kappa shape index (κ2) is 33.0. The molecule has 0 unspecified atom stereocenters. The lowest BCUT2D eigenvalue weighted by atomic mass is 9.98. The first-order chi connectivity index (χ1) is 43.6. The van der Waals surface area contributed by atoms with E-state index in [9.17, 15) is 33.6 Å². The number of carbonyl (C=O) groups is 7. The molecule has 0 saturated carbocycles. The molecule has 8 atom stereocenters. The summed E-state index contributed by atoms with van der Waals surface area (Å²) >= 11 is 0. The van der Waals surface area contributed by atoms with Gasteiger partial charge in [-0.15, -0.1) is 12.8 Å². The lowest BCUT2D eigenvalue weighted by Crippen LogP contribution is -2.47. The number of fused-ring (bicyclic) bond motifs is 2. The van der Waals surface area contributed by atoms with Crippen molar-refractivity contribution < 1.29 is 89.7 Å². The molecule has 90 heavy (non-hydrogen) atoms. The number of anilines is 2. The molecule has 0 bridgehead atoms. The molecule has 4 saturated heterocycles. The predicted molar refractivity (Wildman–Crippen MR) is 312 cm³/mol. The molecular formula is C61H78F2N10O17. The zero-order valence-corrected chi connectivity index (χ0v) is 50.8. The Balaban J connectivity index is 0.963. The van der Waals surface area contributed by atoms with E-state index in [0.717, 1.165) is 64.2 Å². The van der Waals surface area contributed by atoms with Gasteiger partial charge in [-0.3, -0.25) is 28.3 Å². The normalized spacial score (nSPS) is 22.8. The Kier molecular flexibility index (Phi) is 24.8. The fraction of sp³-hybridized carbons (Fsp3) is 0.656. The van der Waals surface area contributed by atoms with Gasteiger partial charge < -0.3 is 58.0 Å². The number of imidazole rings is 2. The SMILES string of the molecule is C#C[C@]1(COC(=O)OC[C@@]2(C#C)O[C@@H](n3cnc4c(NC(=O)[C@H]5CCC(=O)O5)nc(F)nc43)C[C@@H]2OC(=O)OCCCCCCCCCCCC)O[C@@H](n2cnc3c(NC(=O)[C@H]4CCC(=O)O4)nc(F)nc32)C[C@@H]1OC(=O)OCCCCCCCCCCCC. The molecule has 8 rings (SSSR count). The molecule has 29 heteroatoms. The van der Waals surface area contributed by atoms with E-state index in [1.54, 1.807) is 0 Å². The van der Waals surface area contributed by atoms with Crippen molar-refractivity contribution in [1.82, 2.24) is 39.0 Å². The number of esters is 2. The van der Waals surface area contributed by atoms with Crippen LogP contribution in [0.15, 0.2) is 12.7 Å². The van der Waals surface area contributed by atoms with Crippen LogP contribution in [0.1, 0.15) is 193 Å². The third kappa shape index (κ3) is 18.0. The summed E-state index contributed by atoms with van der Waals surface area (Å²) in [6, 6.07) is 0. The number of rotatable bonds is 34. The first-order valence-electron chi connectivity index (χ1n) is 31.2. The van der Waals surface area contributed by atoms with Gasteiger partial charge in [0, 0.05) is 38.5 Å². The highest BCUT2D eigenvalue weighted by Gasteiger charge is 2.55. The van der Waals surface area contributed by atoms with Gasteiger partial charge in [0.2, 0.25) is 11.2 Å². The molecule has 4 aliphatic rings. The van der Waals surface area contributed by atoms with E-state index in [1.165, 1.54) is 73.2 Å². The number of carbonyl (C=O) groups excluding carboxylic acids is 7. The number of halogens is 2. The van der Waals surface area contributed by atoms with E-state index in [4.69, 9.17) is 60.2 Å². The van der Waals surface area contributed by atoms with Crippen molar-refractivity contribution in [2.45, 2.75) is 229 Å². The first-order valence-corrected chi connectivity index (χ1v) is 31.2. The number of unbranched alkanes of at least 4 members (excludes halogenated alkanes) is 18. The number of nitrogens with one attached hydrogen (secondary N) is 2. The number of aromatic nitrogens is 8. The Hall–Kier alpha value is -8.31. The summed E-state index contributed by atoms with van der Waals surface area (Å²) in [5, 5.41) is 4.86. The Labute approximate surface area is 518 Å². The maximum Gasteiger partial charge on any atom is 0.508 e. The zero-order chi connectivity index (χ0) is 64.0. The van der Waals surface area contributed by atoms with Crippen molar-refractivity contribution in [3.63, 3.8) is 0 Å². The second-order valence-corrected chi connectivity index (χ2v) is 22.6. The number of ether oxygens (including phenoxy) is 10. The van der Waals surface area contributed by atoms with Crippen molar-refractivity contribution in [3.05, 3.63) is 24.8 Å². The maximum absolute atomic E-state index is 15.2. The van der Waals surface area contributed by atoms with Crippen LogP contribution in [0, 0.1) is 36.8 Å². The second-order valence-electron chi connectivity index (χ2n) is 22.6. The van der Waals surface area contributed by atoms with Crippen molar-refractivity contribution in [1.29, 1.82) is 0 Å². The molecule has 27 nitrogen and oxygen atoms in total. The van der Waals surface area contributed by atoms with Crippen LogP contribution in [0.3, 0.4) is 0 Å². The topological polar surface area (TPSA) is 323 Å². The molecule has 2 N–H and O–H groups in total. The van der Waals surface area contributed by atoms with Crippen LogP contribution in [0.4, 0.5) is 34.8 Å². The number of hydrogen-bond donors (Lipinski definition) is 2. The number of amides is 2. The molecule has 4 fully saturated rings. The fourth-order valence-corrected chi connectivity index (χ4v) is 11.1. The number of cyclic esters (lactones) is 2. The molecule has 4 aromatic rings. The van der Waals surface area contributed by atoms with Gasteiger partial charge in [0.15, 0.2) is 58.4 Å². The van der Waals surface area contributed by atoms with Gasteiger partial charge in [0.1, 0.15) is 25.7 Å². The zero-order valence-electron chi connectivity index (χ0n) is 50.8. The van der Waals surface area contributed by atoms with Crippen LogP contribution in [-0.2, 0) is 66.5 Å². The average Bonchev–Trinajstić information content (AvgIpc) is 1.88. The van der Waals surface area contributed by atoms with Crippen LogP contribution >= 0.6 is 0 Å². The van der Waals surface area contributed by atoms with E-state index in [0.29, 0.717) is 12.8 Å². The number of hydrogen-bond acceptors (Lipinski definition) is 23. The minimum atomic E-state index is -2.13. The lowest BCUT2D eigenvalue weighted by Gasteiger charge is -2.29. The molecule has 0 spiro atoms. The minimum Gasteiger partial charge on any atom is -0.452 e. The average molecular weight is 1260 g/mol. The van der Waals surface area contributed by atoms with E-state index in [-0.39, 0.29) is 85.7 Å². The van der Waals surface area contributed by atoms with Crippen molar-refractivity contribution >= 4 is 76.2 Å². The van der Waals surface area contributed by atoms with Gasteiger partial charge in [-0.05, 0) is 12.8 Å². The third-order valence-corrected chi connectivity index (χ3v) is 16.0. The van der Waals surface area contributed by atoms with Gasteiger partial charge in [0.25, 0.3) is 11.8 Å². The summed E-state index contributed by atoms with van der Waals surface area (Å²) in [7, 11) is 0. The van der Waals surface area contributed by atoms with Gasteiger partial charge in [-0.2, -0.15) is 28.7 Å². The van der Waals surface area contributed by atoms with Crippen molar-refractivity contribution in [2.75, 3.05) is 37.1 Å². The van der Waals surface area contributed by atoms with Crippen LogP contribution in [0.2, 0.25) is 0 Å². The summed E-state index contributed by atoms with van der Waals surface area (Å²) in [6.45, 7) is 2.62. The third-order valence-electron chi connectivity index (χ3n) is 16.0. The van der Waals surface area contributed by atoms with Crippen LogP contribution in [0.25, 0.3) is 22.3 Å². The summed E-state index contributed by atoms with van der Waals surface area (Å²) in [6.07, 6.45) is 21.0. The molecule has 4 aliphatic heterocycles. The molecule has 0 aliphatic carbocycles. The fourth-order valence-electron chi connectivity index (χ4n) is 11.1. The van der Waals surface area contributed by atoms with E-state index >= 15 is 8.78 Å². The molecular weight excluding hydrogens is 1180 g/mol. The van der Waals surface area contributed by atoms with Gasteiger partial charge in [0.05, 0.1) is 25.9 Å². The van der Waals surface area contributed by atoms with E-state index in [1.807, 2.05) is 0 Å². The highest BCUT2D eigenvalue weighted by Crippen LogP contribution is 2.43. The van der Waals surface area contributed by atoms with Gasteiger partial charge >= 0.3 is 42.6 Å². The monoisotopic (exact) mass is 1260 g/mol. The molecule has 2 amide bonds. The molecule has 4 aromatic heterocycles.